The number of hydrogen-bond acceptors (Lipinski definition) is 2. The van der Waals surface area contributed by atoms with Gasteiger partial charge in [0.1, 0.15) is 5.82 Å². The minimum atomic E-state index is -0.525. The predicted octanol–water partition coefficient (Wildman–Crippen LogP) is 3.12. The van der Waals surface area contributed by atoms with E-state index in [4.69, 9.17) is 4.74 Å². The van der Waals surface area contributed by atoms with Crippen molar-refractivity contribution >= 4 is 37.8 Å². The number of hydrogen-bond donors (Lipinski definition) is 1. The van der Waals surface area contributed by atoms with Crippen LogP contribution in [0.2, 0.25) is 0 Å². The molecule has 0 fully saturated rings. The molecule has 0 saturated heterocycles. The van der Waals surface area contributed by atoms with E-state index in [1.165, 1.54) is 12.1 Å². The normalized spacial score (nSPS) is 12.2. The number of carbonyl (C=O) groups excluding carboxylic acids is 1. The average Bonchev–Trinajstić information content (AvgIpc) is 2.32. The smallest absolute Gasteiger partial charge is 0.254 e. The first kappa shape index (κ1) is 15.6. The van der Waals surface area contributed by atoms with Gasteiger partial charge in [0.05, 0.1) is 12.2 Å². The molecule has 0 aliphatic carbocycles. The Hall–Kier alpha value is -0.460. The Morgan fingerprint density at radius 3 is 2.94 bits per heavy atom. The molecule has 1 N–H and O–H groups in total. The van der Waals surface area contributed by atoms with E-state index in [1.54, 1.807) is 13.2 Å². The van der Waals surface area contributed by atoms with E-state index in [9.17, 15) is 9.18 Å². The summed E-state index contributed by atoms with van der Waals surface area (Å²) in [5.74, 6) is -0.936. The van der Waals surface area contributed by atoms with Crippen LogP contribution >= 0.6 is 31.9 Å². The topological polar surface area (TPSA) is 38.3 Å². The Kier molecular flexibility index (Phi) is 6.81. The Morgan fingerprint density at radius 1 is 1.56 bits per heavy atom. The van der Waals surface area contributed by atoms with Crippen molar-refractivity contribution in [2.24, 2.45) is 0 Å². The van der Waals surface area contributed by atoms with Gasteiger partial charge in [-0.2, -0.15) is 0 Å². The zero-order chi connectivity index (χ0) is 13.5. The highest BCUT2D eigenvalue weighted by molar-refractivity contribution is 9.10. The van der Waals surface area contributed by atoms with Crippen LogP contribution < -0.4 is 5.32 Å². The van der Waals surface area contributed by atoms with Gasteiger partial charge in [-0.3, -0.25) is 4.79 Å². The third kappa shape index (κ3) is 5.04. The van der Waals surface area contributed by atoms with Gasteiger partial charge < -0.3 is 10.1 Å². The molecule has 0 saturated carbocycles. The van der Waals surface area contributed by atoms with Gasteiger partial charge in [0, 0.05) is 23.0 Å². The van der Waals surface area contributed by atoms with Crippen LogP contribution in [-0.4, -0.2) is 31.0 Å². The number of alkyl halides is 1. The van der Waals surface area contributed by atoms with Gasteiger partial charge in [-0.15, -0.1) is 0 Å². The second-order valence-electron chi connectivity index (χ2n) is 3.72. The van der Waals surface area contributed by atoms with Crippen LogP contribution in [0.25, 0.3) is 0 Å². The van der Waals surface area contributed by atoms with Crippen molar-refractivity contribution in [3.05, 3.63) is 34.1 Å². The lowest BCUT2D eigenvalue weighted by atomic mass is 10.2. The van der Waals surface area contributed by atoms with Crippen molar-refractivity contribution < 1.29 is 13.9 Å². The lowest BCUT2D eigenvalue weighted by Crippen LogP contribution is -2.27. The first-order valence-electron chi connectivity index (χ1n) is 5.41. The van der Waals surface area contributed by atoms with Crippen LogP contribution in [0, 0.1) is 5.82 Å². The first-order chi connectivity index (χ1) is 8.54. The molecular weight excluding hydrogens is 369 g/mol. The molecule has 3 nitrogen and oxygen atoms in total. The van der Waals surface area contributed by atoms with Crippen LogP contribution in [0.3, 0.4) is 0 Å². The van der Waals surface area contributed by atoms with Crippen molar-refractivity contribution in [2.75, 3.05) is 20.3 Å². The van der Waals surface area contributed by atoms with Crippen molar-refractivity contribution in [3.63, 3.8) is 0 Å². The Labute approximate surface area is 122 Å². The molecule has 6 heteroatoms. The van der Waals surface area contributed by atoms with Gasteiger partial charge in [-0.25, -0.2) is 4.39 Å². The minimum Gasteiger partial charge on any atom is -0.384 e. The second kappa shape index (κ2) is 7.86. The summed E-state index contributed by atoms with van der Waals surface area (Å²) in [6.07, 6.45) is 0.717. The van der Waals surface area contributed by atoms with E-state index >= 15 is 0 Å². The molecule has 0 heterocycles. The molecular formula is C12H14Br2FNO2. The van der Waals surface area contributed by atoms with Crippen LogP contribution in [0.1, 0.15) is 16.8 Å². The molecule has 1 unspecified atom stereocenters. The number of benzene rings is 1. The SMILES string of the molecule is COCC(Br)CCNC(=O)c1cc(Br)ccc1F. The molecule has 1 aromatic carbocycles. The van der Waals surface area contributed by atoms with Crippen LogP contribution in [0.4, 0.5) is 4.39 Å². The first-order valence-corrected chi connectivity index (χ1v) is 7.11. The minimum absolute atomic E-state index is 0.0437. The van der Waals surface area contributed by atoms with Gasteiger partial charge >= 0.3 is 0 Å². The van der Waals surface area contributed by atoms with Crippen LogP contribution in [0.15, 0.2) is 22.7 Å². The number of methoxy groups -OCH3 is 1. The molecule has 0 aliphatic rings. The maximum absolute atomic E-state index is 13.4. The molecule has 1 aromatic rings. The molecule has 0 aliphatic heterocycles. The van der Waals surface area contributed by atoms with Gasteiger partial charge in [0.2, 0.25) is 0 Å². The number of carbonyl (C=O) groups is 1. The number of rotatable bonds is 6. The summed E-state index contributed by atoms with van der Waals surface area (Å²) in [5, 5.41) is 2.67. The van der Waals surface area contributed by atoms with Crippen molar-refractivity contribution in [2.45, 2.75) is 11.2 Å². The number of nitrogens with one attached hydrogen (secondary N) is 1. The summed E-state index contributed by atoms with van der Waals surface area (Å²) in [6, 6.07) is 4.28. The highest BCUT2D eigenvalue weighted by atomic mass is 79.9. The zero-order valence-electron chi connectivity index (χ0n) is 9.88. The Bertz CT molecular complexity index is 415. The standard InChI is InChI=1S/C12H14Br2FNO2/c1-18-7-9(14)4-5-16-12(17)10-6-8(13)2-3-11(10)15/h2-3,6,9H,4-5,7H2,1H3,(H,16,17). The fourth-order valence-electron chi connectivity index (χ4n) is 1.37. The summed E-state index contributed by atoms with van der Waals surface area (Å²) in [6.45, 7) is 1.03. The number of halogens is 3. The predicted molar refractivity (Wildman–Crippen MR) is 75.6 cm³/mol. The molecule has 1 atom stereocenters. The summed E-state index contributed by atoms with van der Waals surface area (Å²) in [7, 11) is 1.61. The van der Waals surface area contributed by atoms with Crippen molar-refractivity contribution in [1.29, 1.82) is 0 Å². The molecule has 0 spiro atoms. The number of ether oxygens (including phenoxy) is 1. The van der Waals surface area contributed by atoms with E-state index in [0.717, 1.165) is 6.42 Å². The van der Waals surface area contributed by atoms with Crippen molar-refractivity contribution in [1.82, 2.24) is 5.32 Å². The van der Waals surface area contributed by atoms with Crippen LogP contribution in [0.5, 0.6) is 0 Å². The molecule has 18 heavy (non-hydrogen) atoms. The second-order valence-corrected chi connectivity index (χ2v) is 5.93. The fraction of sp³-hybridized carbons (Fsp3) is 0.417. The van der Waals surface area contributed by atoms with E-state index < -0.39 is 11.7 Å². The summed E-state index contributed by atoms with van der Waals surface area (Å²) in [5.41, 5.74) is 0.0437. The van der Waals surface area contributed by atoms with Gasteiger partial charge in [-0.1, -0.05) is 31.9 Å². The Balaban J connectivity index is 2.48. The largest absolute Gasteiger partial charge is 0.384 e. The molecule has 1 rings (SSSR count). The Morgan fingerprint density at radius 2 is 2.28 bits per heavy atom. The summed E-state index contributed by atoms with van der Waals surface area (Å²) in [4.78, 5) is 11.9. The van der Waals surface area contributed by atoms with Crippen molar-refractivity contribution in [3.8, 4) is 0 Å². The molecule has 0 radical (unpaired) electrons. The maximum Gasteiger partial charge on any atom is 0.254 e. The van der Waals surface area contributed by atoms with Gasteiger partial charge in [0.15, 0.2) is 0 Å². The maximum atomic E-state index is 13.4. The number of amides is 1. The highest BCUT2D eigenvalue weighted by Crippen LogP contribution is 2.15. The summed E-state index contributed by atoms with van der Waals surface area (Å²) >= 11 is 6.62. The van der Waals surface area contributed by atoms with E-state index in [0.29, 0.717) is 17.6 Å². The van der Waals surface area contributed by atoms with E-state index in [2.05, 4.69) is 37.2 Å². The highest BCUT2D eigenvalue weighted by Gasteiger charge is 2.12. The monoisotopic (exact) mass is 381 g/mol. The fourth-order valence-corrected chi connectivity index (χ4v) is 2.23. The molecule has 1 amide bonds. The third-order valence-corrected chi connectivity index (χ3v) is 3.48. The van der Waals surface area contributed by atoms with Gasteiger partial charge in [-0.05, 0) is 24.6 Å². The lowest BCUT2D eigenvalue weighted by Gasteiger charge is -2.10. The average molecular weight is 383 g/mol. The zero-order valence-corrected chi connectivity index (χ0v) is 13.1. The lowest BCUT2D eigenvalue weighted by molar-refractivity contribution is 0.0948. The van der Waals surface area contributed by atoms with E-state index in [-0.39, 0.29) is 10.4 Å². The summed E-state index contributed by atoms with van der Waals surface area (Å²) < 4.78 is 19.0. The molecule has 0 aromatic heterocycles. The molecule has 100 valence electrons. The molecule has 0 bridgehead atoms. The third-order valence-electron chi connectivity index (χ3n) is 2.26. The quantitative estimate of drug-likeness (QED) is 0.767. The van der Waals surface area contributed by atoms with Crippen LogP contribution in [-0.2, 0) is 4.74 Å². The van der Waals surface area contributed by atoms with Gasteiger partial charge in [0.25, 0.3) is 5.91 Å². The van der Waals surface area contributed by atoms with E-state index in [1.807, 2.05) is 0 Å².